The zero-order chi connectivity index (χ0) is 10.7. The Balaban J connectivity index is 1.74. The number of hydrogen-bond acceptors (Lipinski definition) is 2. The van der Waals surface area contributed by atoms with Crippen LogP contribution in [-0.2, 0) is 0 Å². The van der Waals surface area contributed by atoms with Crippen molar-refractivity contribution >= 4 is 5.96 Å². The molecule has 86 valence electrons. The van der Waals surface area contributed by atoms with Crippen LogP contribution in [0, 0.1) is 0 Å². The highest BCUT2D eigenvalue weighted by Crippen LogP contribution is 2.18. The van der Waals surface area contributed by atoms with Crippen molar-refractivity contribution in [1.82, 2.24) is 10.2 Å². The monoisotopic (exact) mass is 210 g/mol. The third-order valence-electron chi connectivity index (χ3n) is 3.32. The molecular formula is C11H22N4. The molecule has 0 amide bonds. The van der Waals surface area contributed by atoms with E-state index in [1.54, 1.807) is 0 Å². The smallest absolute Gasteiger partial charge is 0.188 e. The van der Waals surface area contributed by atoms with Crippen molar-refractivity contribution in [2.45, 2.75) is 44.2 Å². The van der Waals surface area contributed by atoms with Crippen LogP contribution in [0.25, 0.3) is 0 Å². The highest BCUT2D eigenvalue weighted by Gasteiger charge is 2.22. The van der Waals surface area contributed by atoms with E-state index in [4.69, 9.17) is 5.73 Å². The molecular weight excluding hydrogens is 188 g/mol. The molecule has 0 aromatic heterocycles. The lowest BCUT2D eigenvalue weighted by molar-refractivity contribution is 0.191. The molecule has 0 aromatic rings. The van der Waals surface area contributed by atoms with Gasteiger partial charge in [-0.05, 0) is 39.3 Å². The Labute approximate surface area is 91.9 Å². The van der Waals surface area contributed by atoms with Gasteiger partial charge in [-0.15, -0.1) is 0 Å². The molecule has 0 aromatic carbocycles. The van der Waals surface area contributed by atoms with Crippen molar-refractivity contribution in [2.75, 3.05) is 20.1 Å². The molecule has 0 spiro atoms. The molecule has 1 aliphatic heterocycles. The molecule has 2 fully saturated rings. The molecule has 1 aliphatic carbocycles. The molecule has 4 nitrogen and oxygen atoms in total. The minimum Gasteiger partial charge on any atom is -0.370 e. The van der Waals surface area contributed by atoms with Gasteiger partial charge in [0.25, 0.3) is 0 Å². The number of guanidine groups is 1. The van der Waals surface area contributed by atoms with Crippen molar-refractivity contribution in [1.29, 1.82) is 0 Å². The molecule has 1 atom stereocenters. The quantitative estimate of drug-likeness (QED) is 0.528. The SMILES string of the molecule is CN1CCCCC1CN=C(N)NC1CC1. The summed E-state index contributed by atoms with van der Waals surface area (Å²) < 4.78 is 0. The molecule has 2 rings (SSSR count). The minimum atomic E-state index is 0.596. The van der Waals surface area contributed by atoms with E-state index < -0.39 is 0 Å². The fourth-order valence-electron chi connectivity index (χ4n) is 2.06. The predicted octanol–water partition coefficient (Wildman–Crippen LogP) is 0.537. The first kappa shape index (κ1) is 10.7. The van der Waals surface area contributed by atoms with Crippen LogP contribution in [0.3, 0.4) is 0 Å². The predicted molar refractivity (Wildman–Crippen MR) is 62.9 cm³/mol. The molecule has 0 bridgehead atoms. The van der Waals surface area contributed by atoms with E-state index in [1.807, 2.05) is 0 Å². The van der Waals surface area contributed by atoms with Crippen molar-refractivity contribution in [3.63, 3.8) is 0 Å². The van der Waals surface area contributed by atoms with Crippen LogP contribution in [0.15, 0.2) is 4.99 Å². The average molecular weight is 210 g/mol. The molecule has 2 aliphatic rings. The van der Waals surface area contributed by atoms with Gasteiger partial charge in [-0.3, -0.25) is 4.99 Å². The Morgan fingerprint density at radius 1 is 1.40 bits per heavy atom. The van der Waals surface area contributed by atoms with Gasteiger partial charge >= 0.3 is 0 Å². The normalized spacial score (nSPS) is 29.1. The van der Waals surface area contributed by atoms with Gasteiger partial charge in [-0.25, -0.2) is 0 Å². The number of nitrogens with zero attached hydrogens (tertiary/aromatic N) is 2. The Bertz CT molecular complexity index is 235. The number of hydrogen-bond donors (Lipinski definition) is 2. The maximum Gasteiger partial charge on any atom is 0.188 e. The number of nitrogens with two attached hydrogens (primary N) is 1. The van der Waals surface area contributed by atoms with E-state index in [0.29, 0.717) is 18.0 Å². The summed E-state index contributed by atoms with van der Waals surface area (Å²) >= 11 is 0. The van der Waals surface area contributed by atoms with Gasteiger partial charge in [0, 0.05) is 12.1 Å². The van der Waals surface area contributed by atoms with E-state index in [1.165, 1.54) is 38.6 Å². The Hall–Kier alpha value is -0.770. The van der Waals surface area contributed by atoms with Crippen LogP contribution in [0.4, 0.5) is 0 Å². The highest BCUT2D eigenvalue weighted by atomic mass is 15.2. The van der Waals surface area contributed by atoms with Gasteiger partial charge in [-0.2, -0.15) is 0 Å². The average Bonchev–Trinajstić information content (AvgIpc) is 3.00. The lowest BCUT2D eigenvalue weighted by atomic mass is 10.0. The summed E-state index contributed by atoms with van der Waals surface area (Å²) in [7, 11) is 2.18. The molecule has 0 radical (unpaired) electrons. The van der Waals surface area contributed by atoms with Crippen LogP contribution < -0.4 is 11.1 Å². The van der Waals surface area contributed by atoms with Gasteiger partial charge in [0.2, 0.25) is 0 Å². The van der Waals surface area contributed by atoms with Crippen LogP contribution >= 0.6 is 0 Å². The first-order valence-corrected chi connectivity index (χ1v) is 6.02. The summed E-state index contributed by atoms with van der Waals surface area (Å²) in [4.78, 5) is 6.82. The third-order valence-corrected chi connectivity index (χ3v) is 3.32. The number of likely N-dealkylation sites (N-methyl/N-ethyl adjacent to an activating group) is 1. The number of aliphatic imine (C=N–C) groups is 1. The van der Waals surface area contributed by atoms with Crippen molar-refractivity contribution < 1.29 is 0 Å². The van der Waals surface area contributed by atoms with Crippen LogP contribution in [0.1, 0.15) is 32.1 Å². The summed E-state index contributed by atoms with van der Waals surface area (Å²) in [6, 6.07) is 1.20. The summed E-state index contributed by atoms with van der Waals surface area (Å²) in [5, 5.41) is 3.22. The Kier molecular flexibility index (Phi) is 3.46. The number of nitrogens with one attached hydrogen (secondary N) is 1. The molecule has 15 heavy (non-hydrogen) atoms. The lowest BCUT2D eigenvalue weighted by Gasteiger charge is -2.31. The molecule has 4 heteroatoms. The molecule has 1 saturated heterocycles. The van der Waals surface area contributed by atoms with Crippen LogP contribution in [0.5, 0.6) is 0 Å². The first-order valence-electron chi connectivity index (χ1n) is 6.02. The van der Waals surface area contributed by atoms with E-state index in [2.05, 4.69) is 22.3 Å². The zero-order valence-corrected chi connectivity index (χ0v) is 9.58. The summed E-state index contributed by atoms with van der Waals surface area (Å²) in [5.41, 5.74) is 5.80. The molecule has 1 unspecified atom stereocenters. The first-order chi connectivity index (χ1) is 7.25. The molecule has 1 saturated carbocycles. The number of rotatable bonds is 3. The summed E-state index contributed by atoms with van der Waals surface area (Å²) in [5.74, 6) is 0.636. The van der Waals surface area contributed by atoms with Crippen molar-refractivity contribution in [3.8, 4) is 0 Å². The zero-order valence-electron chi connectivity index (χ0n) is 9.58. The highest BCUT2D eigenvalue weighted by molar-refractivity contribution is 5.78. The van der Waals surface area contributed by atoms with E-state index >= 15 is 0 Å². The lowest BCUT2D eigenvalue weighted by Crippen LogP contribution is -2.40. The van der Waals surface area contributed by atoms with Gasteiger partial charge in [0.05, 0.1) is 6.54 Å². The van der Waals surface area contributed by atoms with Gasteiger partial charge in [-0.1, -0.05) is 6.42 Å². The van der Waals surface area contributed by atoms with Gasteiger partial charge in [0.1, 0.15) is 0 Å². The van der Waals surface area contributed by atoms with Crippen molar-refractivity contribution in [3.05, 3.63) is 0 Å². The maximum atomic E-state index is 5.80. The summed E-state index contributed by atoms with van der Waals surface area (Å²) in [6.07, 6.45) is 6.42. The Morgan fingerprint density at radius 2 is 2.20 bits per heavy atom. The van der Waals surface area contributed by atoms with Gasteiger partial charge < -0.3 is 16.0 Å². The second kappa shape index (κ2) is 4.84. The standard InChI is InChI=1S/C11H22N4/c1-15-7-3-2-4-10(15)8-13-11(12)14-9-5-6-9/h9-10H,2-8H2,1H3,(H3,12,13,14). The van der Waals surface area contributed by atoms with Crippen LogP contribution in [-0.4, -0.2) is 43.1 Å². The number of piperidine rings is 1. The van der Waals surface area contributed by atoms with E-state index in [9.17, 15) is 0 Å². The van der Waals surface area contributed by atoms with E-state index in [-0.39, 0.29) is 0 Å². The second-order valence-corrected chi connectivity index (χ2v) is 4.77. The Morgan fingerprint density at radius 3 is 2.87 bits per heavy atom. The number of likely N-dealkylation sites (tertiary alicyclic amines) is 1. The largest absolute Gasteiger partial charge is 0.370 e. The van der Waals surface area contributed by atoms with Crippen molar-refractivity contribution in [2.24, 2.45) is 10.7 Å². The second-order valence-electron chi connectivity index (χ2n) is 4.77. The fraction of sp³-hybridized carbons (Fsp3) is 0.909. The summed E-state index contributed by atoms with van der Waals surface area (Å²) in [6.45, 7) is 2.05. The molecule has 1 heterocycles. The third kappa shape index (κ3) is 3.38. The fourth-order valence-corrected chi connectivity index (χ4v) is 2.06. The van der Waals surface area contributed by atoms with Gasteiger partial charge in [0.15, 0.2) is 5.96 Å². The van der Waals surface area contributed by atoms with E-state index in [0.717, 1.165) is 6.54 Å². The maximum absolute atomic E-state index is 5.80. The topological polar surface area (TPSA) is 53.6 Å². The molecule has 3 N–H and O–H groups in total. The van der Waals surface area contributed by atoms with Crippen LogP contribution in [0.2, 0.25) is 0 Å². The minimum absolute atomic E-state index is 0.596.